The molecular formula is C17H19ClN2O. The maximum atomic E-state index is 6.69. The van der Waals surface area contributed by atoms with Crippen molar-refractivity contribution in [1.29, 1.82) is 0 Å². The molecule has 21 heavy (non-hydrogen) atoms. The second-order valence-electron chi connectivity index (χ2n) is 5.86. The SMILES string of the molecule is Clc1c2c(nc3ccc(N4CCOCC4)cc13)CCCC2. The number of nitrogens with zero attached hydrogens (tertiary/aromatic N) is 2. The van der Waals surface area contributed by atoms with E-state index < -0.39 is 0 Å². The third-order valence-electron chi connectivity index (χ3n) is 4.55. The molecule has 0 unspecified atom stereocenters. The van der Waals surface area contributed by atoms with Crippen molar-refractivity contribution in [3.05, 3.63) is 34.5 Å². The van der Waals surface area contributed by atoms with Gasteiger partial charge in [0.25, 0.3) is 0 Å². The Labute approximate surface area is 129 Å². The Morgan fingerprint density at radius 2 is 1.90 bits per heavy atom. The molecule has 1 aliphatic carbocycles. The van der Waals surface area contributed by atoms with Gasteiger partial charge in [-0.1, -0.05) is 11.6 Å². The molecule has 4 rings (SSSR count). The molecule has 4 heteroatoms. The van der Waals surface area contributed by atoms with Gasteiger partial charge in [-0.15, -0.1) is 0 Å². The van der Waals surface area contributed by atoms with Gasteiger partial charge in [0.1, 0.15) is 0 Å². The molecule has 2 heterocycles. The molecule has 2 aliphatic rings. The summed E-state index contributed by atoms with van der Waals surface area (Å²) in [5.74, 6) is 0. The molecule has 1 aromatic heterocycles. The lowest BCUT2D eigenvalue weighted by molar-refractivity contribution is 0.122. The molecule has 0 saturated carbocycles. The number of hydrogen-bond donors (Lipinski definition) is 0. The Hall–Kier alpha value is -1.32. The van der Waals surface area contributed by atoms with E-state index in [9.17, 15) is 0 Å². The van der Waals surface area contributed by atoms with Gasteiger partial charge in [0.2, 0.25) is 0 Å². The number of rotatable bonds is 1. The summed E-state index contributed by atoms with van der Waals surface area (Å²) >= 11 is 6.69. The number of pyridine rings is 1. The maximum Gasteiger partial charge on any atom is 0.0722 e. The molecule has 1 fully saturated rings. The standard InChI is InChI=1S/C17H19ClN2O/c18-17-13-3-1-2-4-15(13)19-16-6-5-12(11-14(16)17)20-7-9-21-10-8-20/h5-6,11H,1-4,7-10H2. The van der Waals surface area contributed by atoms with Crippen molar-refractivity contribution < 1.29 is 4.74 Å². The summed E-state index contributed by atoms with van der Waals surface area (Å²) in [5.41, 5.74) is 4.73. The molecule has 1 aliphatic heterocycles. The van der Waals surface area contributed by atoms with Crippen LogP contribution in [0.25, 0.3) is 10.9 Å². The van der Waals surface area contributed by atoms with Crippen molar-refractivity contribution in [1.82, 2.24) is 4.98 Å². The van der Waals surface area contributed by atoms with Crippen molar-refractivity contribution in [2.75, 3.05) is 31.2 Å². The van der Waals surface area contributed by atoms with Crippen LogP contribution in [-0.4, -0.2) is 31.3 Å². The highest BCUT2D eigenvalue weighted by atomic mass is 35.5. The first-order chi connectivity index (χ1) is 10.3. The zero-order valence-corrected chi connectivity index (χ0v) is 12.8. The average molecular weight is 303 g/mol. The van der Waals surface area contributed by atoms with Gasteiger partial charge >= 0.3 is 0 Å². The van der Waals surface area contributed by atoms with Crippen LogP contribution in [0.3, 0.4) is 0 Å². The quantitative estimate of drug-likeness (QED) is 0.805. The van der Waals surface area contributed by atoms with Crippen LogP contribution < -0.4 is 4.90 Å². The first-order valence-electron chi connectivity index (χ1n) is 7.76. The van der Waals surface area contributed by atoms with Crippen molar-refractivity contribution in [3.63, 3.8) is 0 Å². The highest BCUT2D eigenvalue weighted by Crippen LogP contribution is 2.34. The van der Waals surface area contributed by atoms with Crippen LogP contribution in [0.15, 0.2) is 18.2 Å². The third-order valence-corrected chi connectivity index (χ3v) is 4.98. The summed E-state index contributed by atoms with van der Waals surface area (Å²) < 4.78 is 5.43. The number of aromatic nitrogens is 1. The van der Waals surface area contributed by atoms with E-state index in [-0.39, 0.29) is 0 Å². The Morgan fingerprint density at radius 3 is 2.76 bits per heavy atom. The molecule has 2 aromatic rings. The van der Waals surface area contributed by atoms with Crippen LogP contribution in [0, 0.1) is 0 Å². The first-order valence-corrected chi connectivity index (χ1v) is 8.14. The number of anilines is 1. The predicted molar refractivity (Wildman–Crippen MR) is 86.4 cm³/mol. The monoisotopic (exact) mass is 302 g/mol. The first kappa shape index (κ1) is 13.4. The molecular weight excluding hydrogens is 284 g/mol. The van der Waals surface area contributed by atoms with E-state index >= 15 is 0 Å². The van der Waals surface area contributed by atoms with Crippen molar-refractivity contribution in [2.45, 2.75) is 25.7 Å². The number of fused-ring (bicyclic) bond motifs is 2. The zero-order valence-electron chi connectivity index (χ0n) is 12.1. The molecule has 1 aromatic carbocycles. The van der Waals surface area contributed by atoms with Crippen LogP contribution in [-0.2, 0) is 17.6 Å². The number of halogens is 1. The van der Waals surface area contributed by atoms with Gasteiger partial charge in [0, 0.05) is 29.9 Å². The minimum Gasteiger partial charge on any atom is -0.378 e. The summed E-state index contributed by atoms with van der Waals surface area (Å²) in [6.45, 7) is 3.49. The highest BCUT2D eigenvalue weighted by molar-refractivity contribution is 6.36. The van der Waals surface area contributed by atoms with Gasteiger partial charge in [-0.3, -0.25) is 4.98 Å². The lowest BCUT2D eigenvalue weighted by Crippen LogP contribution is -2.36. The minimum atomic E-state index is 0.800. The largest absolute Gasteiger partial charge is 0.378 e. The van der Waals surface area contributed by atoms with Crippen LogP contribution in [0.2, 0.25) is 5.02 Å². The van der Waals surface area contributed by atoms with Crippen molar-refractivity contribution >= 4 is 28.2 Å². The normalized spacial score (nSPS) is 18.8. The molecule has 110 valence electrons. The number of hydrogen-bond acceptors (Lipinski definition) is 3. The van der Waals surface area contributed by atoms with Crippen LogP contribution >= 0.6 is 11.6 Å². The molecule has 0 radical (unpaired) electrons. The molecule has 0 spiro atoms. The predicted octanol–water partition coefficient (Wildman–Crippen LogP) is 3.60. The summed E-state index contributed by atoms with van der Waals surface area (Å²) in [6.07, 6.45) is 4.59. The number of benzene rings is 1. The van der Waals surface area contributed by atoms with E-state index in [0.29, 0.717) is 0 Å². The fourth-order valence-corrected chi connectivity index (χ4v) is 3.73. The van der Waals surface area contributed by atoms with Crippen LogP contribution in [0.1, 0.15) is 24.1 Å². The smallest absolute Gasteiger partial charge is 0.0722 e. The molecule has 0 bridgehead atoms. The number of ether oxygens (including phenoxy) is 1. The van der Waals surface area contributed by atoms with E-state index in [1.165, 1.54) is 29.8 Å². The van der Waals surface area contributed by atoms with Crippen molar-refractivity contribution in [2.24, 2.45) is 0 Å². The molecule has 0 N–H and O–H groups in total. The van der Waals surface area contributed by atoms with Crippen molar-refractivity contribution in [3.8, 4) is 0 Å². The number of aryl methyl sites for hydroxylation is 1. The van der Waals surface area contributed by atoms with Gasteiger partial charge in [-0.05, 0) is 49.4 Å². The summed E-state index contributed by atoms with van der Waals surface area (Å²) in [6, 6.07) is 6.47. The molecule has 3 nitrogen and oxygen atoms in total. The summed E-state index contributed by atoms with van der Waals surface area (Å²) in [5, 5.41) is 2.02. The van der Waals surface area contributed by atoms with E-state index in [4.69, 9.17) is 21.3 Å². The van der Waals surface area contributed by atoms with E-state index in [0.717, 1.165) is 55.1 Å². The Bertz CT molecular complexity index is 680. The minimum absolute atomic E-state index is 0.800. The van der Waals surface area contributed by atoms with E-state index in [1.54, 1.807) is 0 Å². The zero-order chi connectivity index (χ0) is 14.2. The Kier molecular flexibility index (Phi) is 3.48. The summed E-state index contributed by atoms with van der Waals surface area (Å²) in [4.78, 5) is 7.20. The number of morpholine rings is 1. The van der Waals surface area contributed by atoms with Gasteiger partial charge < -0.3 is 9.64 Å². The van der Waals surface area contributed by atoms with Crippen LogP contribution in [0.5, 0.6) is 0 Å². The fraction of sp³-hybridized carbons (Fsp3) is 0.471. The van der Waals surface area contributed by atoms with Crippen LogP contribution in [0.4, 0.5) is 5.69 Å². The lowest BCUT2D eigenvalue weighted by atomic mass is 9.94. The van der Waals surface area contributed by atoms with E-state index in [2.05, 4.69) is 23.1 Å². The summed E-state index contributed by atoms with van der Waals surface area (Å²) in [7, 11) is 0. The van der Waals surface area contributed by atoms with E-state index in [1.807, 2.05) is 0 Å². The average Bonchev–Trinajstić information content (AvgIpc) is 2.56. The molecule has 0 amide bonds. The Balaban J connectivity index is 1.81. The van der Waals surface area contributed by atoms with Gasteiger partial charge in [0.05, 0.1) is 23.8 Å². The topological polar surface area (TPSA) is 25.4 Å². The second-order valence-corrected chi connectivity index (χ2v) is 6.24. The van der Waals surface area contributed by atoms with Gasteiger partial charge in [-0.2, -0.15) is 0 Å². The van der Waals surface area contributed by atoms with Gasteiger partial charge in [-0.25, -0.2) is 0 Å². The fourth-order valence-electron chi connectivity index (χ4n) is 3.37. The molecule has 0 atom stereocenters. The second kappa shape index (κ2) is 5.47. The third kappa shape index (κ3) is 2.39. The van der Waals surface area contributed by atoms with Gasteiger partial charge in [0.15, 0.2) is 0 Å². The highest BCUT2D eigenvalue weighted by Gasteiger charge is 2.18. The maximum absolute atomic E-state index is 6.69. The lowest BCUT2D eigenvalue weighted by Gasteiger charge is -2.29. The Morgan fingerprint density at radius 1 is 1.10 bits per heavy atom. The molecule has 1 saturated heterocycles.